The van der Waals surface area contributed by atoms with Gasteiger partial charge in [-0.15, -0.1) is 0 Å². The van der Waals surface area contributed by atoms with E-state index < -0.39 is 0 Å². The van der Waals surface area contributed by atoms with Crippen molar-refractivity contribution in [3.63, 3.8) is 0 Å². The second-order valence-corrected chi connectivity index (χ2v) is 7.40. The van der Waals surface area contributed by atoms with E-state index in [0.29, 0.717) is 11.3 Å². The van der Waals surface area contributed by atoms with Crippen LogP contribution in [-0.2, 0) is 0 Å². The van der Waals surface area contributed by atoms with E-state index in [1.54, 1.807) is 7.11 Å². The first-order chi connectivity index (χ1) is 8.25. The number of hydrogen-bond acceptors (Lipinski definition) is 1. The molecular formula is C15H22BrClO. The molecule has 0 spiro atoms. The highest BCUT2D eigenvalue weighted by atomic mass is 79.9. The smallest absolute Gasteiger partial charge is 0.123 e. The molecule has 0 amide bonds. The number of rotatable bonds is 4. The highest BCUT2D eigenvalue weighted by molar-refractivity contribution is 9.09. The molecule has 0 aliphatic carbocycles. The second kappa shape index (κ2) is 6.29. The van der Waals surface area contributed by atoms with Crippen LogP contribution < -0.4 is 4.74 Å². The number of alkyl halides is 1. The zero-order chi connectivity index (χ0) is 13.9. The Morgan fingerprint density at radius 3 is 2.44 bits per heavy atom. The number of benzene rings is 1. The molecule has 102 valence electrons. The average molecular weight is 334 g/mol. The summed E-state index contributed by atoms with van der Waals surface area (Å²) in [7, 11) is 1.69. The van der Waals surface area contributed by atoms with Gasteiger partial charge in [-0.25, -0.2) is 0 Å². The van der Waals surface area contributed by atoms with Crippen molar-refractivity contribution in [2.45, 2.75) is 38.9 Å². The van der Waals surface area contributed by atoms with Crippen LogP contribution >= 0.6 is 27.5 Å². The van der Waals surface area contributed by atoms with Gasteiger partial charge >= 0.3 is 0 Å². The van der Waals surface area contributed by atoms with Crippen molar-refractivity contribution in [2.24, 2.45) is 11.3 Å². The van der Waals surface area contributed by atoms with E-state index in [0.717, 1.165) is 22.8 Å². The fourth-order valence-electron chi connectivity index (χ4n) is 1.74. The van der Waals surface area contributed by atoms with Crippen LogP contribution in [0.15, 0.2) is 18.2 Å². The van der Waals surface area contributed by atoms with Crippen molar-refractivity contribution in [1.29, 1.82) is 0 Å². The van der Waals surface area contributed by atoms with Crippen LogP contribution in [-0.4, -0.2) is 7.11 Å². The van der Waals surface area contributed by atoms with Crippen LogP contribution in [0.1, 0.15) is 44.5 Å². The molecule has 1 nitrogen and oxygen atoms in total. The van der Waals surface area contributed by atoms with Crippen LogP contribution in [0.25, 0.3) is 0 Å². The summed E-state index contributed by atoms with van der Waals surface area (Å²) < 4.78 is 5.40. The van der Waals surface area contributed by atoms with Gasteiger partial charge in [0.05, 0.1) is 7.11 Å². The number of methoxy groups -OCH3 is 1. The standard InChI is InChI=1S/C15H22BrClO/c1-10(15(2,3)4)8-13(16)12-9-11(17)6-7-14(12)18-5/h6-7,9-10,13H,8H2,1-5H3. The quantitative estimate of drug-likeness (QED) is 0.627. The molecule has 0 aliphatic heterocycles. The Hall–Kier alpha value is -0.210. The molecule has 0 bridgehead atoms. The molecule has 0 aliphatic rings. The third kappa shape index (κ3) is 4.17. The van der Waals surface area contributed by atoms with Gasteiger partial charge in [0, 0.05) is 15.4 Å². The van der Waals surface area contributed by atoms with E-state index in [9.17, 15) is 0 Å². The van der Waals surface area contributed by atoms with Crippen LogP contribution in [0, 0.1) is 11.3 Å². The largest absolute Gasteiger partial charge is 0.496 e. The molecule has 0 heterocycles. The molecule has 2 atom stereocenters. The maximum atomic E-state index is 6.07. The minimum absolute atomic E-state index is 0.264. The summed E-state index contributed by atoms with van der Waals surface area (Å²) in [6.07, 6.45) is 1.06. The summed E-state index contributed by atoms with van der Waals surface area (Å²) in [6, 6.07) is 5.76. The lowest BCUT2D eigenvalue weighted by Gasteiger charge is -2.29. The van der Waals surface area contributed by atoms with Gasteiger partial charge in [0.15, 0.2) is 0 Å². The van der Waals surface area contributed by atoms with Gasteiger partial charge in [-0.2, -0.15) is 0 Å². The molecule has 3 heteroatoms. The molecule has 2 unspecified atom stereocenters. The molecule has 18 heavy (non-hydrogen) atoms. The average Bonchev–Trinajstić information content (AvgIpc) is 2.27. The zero-order valence-corrected chi connectivity index (χ0v) is 14.1. The van der Waals surface area contributed by atoms with Crippen LogP contribution in [0.2, 0.25) is 5.02 Å². The summed E-state index contributed by atoms with van der Waals surface area (Å²) in [4.78, 5) is 0.264. The van der Waals surface area contributed by atoms with Gasteiger partial charge in [0.2, 0.25) is 0 Å². The van der Waals surface area contributed by atoms with E-state index >= 15 is 0 Å². The van der Waals surface area contributed by atoms with Crippen molar-refractivity contribution >= 4 is 27.5 Å². The lowest BCUT2D eigenvalue weighted by Crippen LogP contribution is -2.18. The van der Waals surface area contributed by atoms with Crippen molar-refractivity contribution in [2.75, 3.05) is 7.11 Å². The maximum absolute atomic E-state index is 6.07. The molecule has 1 rings (SSSR count). The van der Waals surface area contributed by atoms with Crippen molar-refractivity contribution in [1.82, 2.24) is 0 Å². The highest BCUT2D eigenvalue weighted by Gasteiger charge is 2.24. The molecular weight excluding hydrogens is 312 g/mol. The van der Waals surface area contributed by atoms with Gasteiger partial charge in [-0.3, -0.25) is 0 Å². The first-order valence-corrected chi connectivity index (χ1v) is 7.52. The second-order valence-electron chi connectivity index (χ2n) is 5.86. The number of ether oxygens (including phenoxy) is 1. The summed E-state index contributed by atoms with van der Waals surface area (Å²) in [5.41, 5.74) is 1.43. The monoisotopic (exact) mass is 332 g/mol. The Kier molecular flexibility index (Phi) is 5.54. The molecule has 1 aromatic carbocycles. The minimum Gasteiger partial charge on any atom is -0.496 e. The Morgan fingerprint density at radius 1 is 1.33 bits per heavy atom. The predicted molar refractivity (Wildman–Crippen MR) is 82.9 cm³/mol. The Bertz CT molecular complexity index is 398. The topological polar surface area (TPSA) is 9.23 Å². The van der Waals surface area contributed by atoms with Crippen molar-refractivity contribution in [3.05, 3.63) is 28.8 Å². The van der Waals surface area contributed by atoms with Crippen LogP contribution in [0.4, 0.5) is 0 Å². The third-order valence-corrected chi connectivity index (χ3v) is 4.67. The van der Waals surface area contributed by atoms with Crippen molar-refractivity contribution in [3.8, 4) is 5.75 Å². The fraction of sp³-hybridized carbons (Fsp3) is 0.600. The molecule has 0 N–H and O–H groups in total. The van der Waals surface area contributed by atoms with E-state index in [2.05, 4.69) is 43.6 Å². The fourth-order valence-corrected chi connectivity index (χ4v) is 2.84. The Balaban J connectivity index is 2.90. The normalized spacial score (nSPS) is 15.3. The summed E-state index contributed by atoms with van der Waals surface area (Å²) in [6.45, 7) is 9.09. The van der Waals surface area contributed by atoms with E-state index in [1.165, 1.54) is 0 Å². The van der Waals surface area contributed by atoms with Crippen LogP contribution in [0.3, 0.4) is 0 Å². The zero-order valence-electron chi connectivity index (χ0n) is 11.8. The van der Waals surface area contributed by atoms with Gasteiger partial charge in [0.1, 0.15) is 5.75 Å². The van der Waals surface area contributed by atoms with Gasteiger partial charge in [-0.1, -0.05) is 55.2 Å². The SMILES string of the molecule is COc1ccc(Cl)cc1C(Br)CC(C)C(C)(C)C. The predicted octanol–water partition coefficient (Wildman–Crippen LogP) is 5.86. The van der Waals surface area contributed by atoms with Crippen molar-refractivity contribution < 1.29 is 4.74 Å². The summed E-state index contributed by atoms with van der Waals surface area (Å²) >= 11 is 9.83. The molecule has 0 fully saturated rings. The van der Waals surface area contributed by atoms with Gasteiger partial charge < -0.3 is 4.74 Å². The lowest BCUT2D eigenvalue weighted by molar-refractivity contribution is 0.246. The van der Waals surface area contributed by atoms with E-state index in [4.69, 9.17) is 16.3 Å². The Labute approximate surface area is 124 Å². The molecule has 0 saturated carbocycles. The first-order valence-electron chi connectivity index (χ1n) is 6.23. The van der Waals surface area contributed by atoms with Crippen LogP contribution in [0.5, 0.6) is 5.75 Å². The third-order valence-electron chi connectivity index (χ3n) is 3.57. The number of hydrogen-bond donors (Lipinski definition) is 0. The van der Waals surface area contributed by atoms with Gasteiger partial charge in [0.25, 0.3) is 0 Å². The summed E-state index contributed by atoms with van der Waals surface area (Å²) in [5, 5.41) is 0.749. The minimum atomic E-state index is 0.264. The summed E-state index contributed by atoms with van der Waals surface area (Å²) in [5.74, 6) is 1.49. The van der Waals surface area contributed by atoms with E-state index in [1.807, 2.05) is 18.2 Å². The molecule has 0 saturated heterocycles. The first kappa shape index (κ1) is 15.8. The Morgan fingerprint density at radius 2 is 1.94 bits per heavy atom. The van der Waals surface area contributed by atoms with Gasteiger partial charge in [-0.05, 0) is 36.0 Å². The molecule has 1 aromatic rings. The molecule has 0 radical (unpaired) electrons. The van der Waals surface area contributed by atoms with E-state index in [-0.39, 0.29) is 4.83 Å². The highest BCUT2D eigenvalue weighted by Crippen LogP contribution is 2.41. The maximum Gasteiger partial charge on any atom is 0.123 e. The lowest BCUT2D eigenvalue weighted by atomic mass is 9.79. The number of halogens is 2. The molecule has 0 aromatic heterocycles.